The maximum absolute atomic E-state index is 13.7. The Balaban J connectivity index is 2.04. The van der Waals surface area contributed by atoms with Crippen molar-refractivity contribution >= 4 is 11.9 Å². The average molecular weight is 325 g/mol. The largest absolute Gasteiger partial charge is 0.337 e. The molecule has 23 heavy (non-hydrogen) atoms. The van der Waals surface area contributed by atoms with Crippen molar-refractivity contribution in [2.75, 3.05) is 26.2 Å². The van der Waals surface area contributed by atoms with Crippen molar-refractivity contribution < 1.29 is 18.4 Å². The molecule has 126 valence electrons. The second-order valence-corrected chi connectivity index (χ2v) is 5.86. The van der Waals surface area contributed by atoms with Gasteiger partial charge < -0.3 is 15.1 Å². The molecular weight excluding hydrogens is 304 g/mol. The van der Waals surface area contributed by atoms with Crippen LogP contribution in [-0.2, 0) is 0 Å². The second-order valence-electron chi connectivity index (χ2n) is 5.86. The lowest BCUT2D eigenvalue weighted by Crippen LogP contribution is -2.44. The average Bonchev–Trinajstić information content (AvgIpc) is 2.74. The van der Waals surface area contributed by atoms with Gasteiger partial charge in [-0.2, -0.15) is 0 Å². The van der Waals surface area contributed by atoms with Gasteiger partial charge in [-0.1, -0.05) is 0 Å². The number of nitrogens with one attached hydrogen (secondary N) is 1. The number of rotatable bonds is 2. The number of hydrogen-bond acceptors (Lipinski definition) is 2. The van der Waals surface area contributed by atoms with E-state index in [0.717, 1.165) is 18.2 Å². The van der Waals surface area contributed by atoms with Gasteiger partial charge in [-0.25, -0.2) is 13.6 Å². The molecule has 0 radical (unpaired) electrons. The summed E-state index contributed by atoms with van der Waals surface area (Å²) in [4.78, 5) is 27.5. The first-order chi connectivity index (χ1) is 10.9. The van der Waals surface area contributed by atoms with Crippen LogP contribution in [0.1, 0.15) is 30.6 Å². The third-order valence-electron chi connectivity index (χ3n) is 3.64. The third kappa shape index (κ3) is 4.40. The van der Waals surface area contributed by atoms with Gasteiger partial charge in [-0.05, 0) is 38.5 Å². The summed E-state index contributed by atoms with van der Waals surface area (Å²) in [6, 6.07) is 2.69. The first kappa shape index (κ1) is 17.2. The Labute approximate surface area is 134 Å². The fourth-order valence-electron chi connectivity index (χ4n) is 2.49. The Morgan fingerprint density at radius 1 is 1.09 bits per heavy atom. The van der Waals surface area contributed by atoms with Gasteiger partial charge in [0.05, 0.1) is 5.56 Å². The van der Waals surface area contributed by atoms with E-state index in [0.29, 0.717) is 32.6 Å². The molecule has 2 rings (SSSR count). The van der Waals surface area contributed by atoms with E-state index >= 15 is 0 Å². The summed E-state index contributed by atoms with van der Waals surface area (Å²) in [6.45, 7) is 5.33. The highest BCUT2D eigenvalue weighted by Gasteiger charge is 2.24. The molecule has 1 aliphatic rings. The first-order valence-corrected chi connectivity index (χ1v) is 7.68. The van der Waals surface area contributed by atoms with Crippen molar-refractivity contribution in [1.29, 1.82) is 0 Å². The Hall–Kier alpha value is -2.18. The minimum absolute atomic E-state index is 0.0323. The van der Waals surface area contributed by atoms with E-state index in [1.807, 2.05) is 13.8 Å². The molecule has 0 spiro atoms. The maximum atomic E-state index is 13.7. The number of hydrogen-bond donors (Lipinski definition) is 1. The monoisotopic (exact) mass is 325 g/mol. The minimum atomic E-state index is -0.741. The predicted octanol–water partition coefficient (Wildman–Crippen LogP) is 2.23. The van der Waals surface area contributed by atoms with E-state index in [2.05, 4.69) is 5.32 Å². The molecule has 1 N–H and O–H groups in total. The lowest BCUT2D eigenvalue weighted by molar-refractivity contribution is 0.0757. The second kappa shape index (κ2) is 7.39. The molecule has 1 fully saturated rings. The summed E-state index contributed by atoms with van der Waals surface area (Å²) in [5.74, 6) is -1.94. The van der Waals surface area contributed by atoms with Crippen molar-refractivity contribution in [2.45, 2.75) is 26.3 Å². The quantitative estimate of drug-likeness (QED) is 0.906. The molecule has 5 nitrogen and oxygen atoms in total. The molecule has 1 aliphatic heterocycles. The molecule has 7 heteroatoms. The number of urea groups is 1. The molecular formula is C16H21F2N3O2. The van der Waals surface area contributed by atoms with Gasteiger partial charge in [0.1, 0.15) is 11.6 Å². The summed E-state index contributed by atoms with van der Waals surface area (Å²) in [5.41, 5.74) is -0.273. The lowest BCUT2D eigenvalue weighted by Gasteiger charge is -2.23. The van der Waals surface area contributed by atoms with E-state index < -0.39 is 17.5 Å². The molecule has 1 saturated heterocycles. The molecule has 0 unspecified atom stereocenters. The van der Waals surface area contributed by atoms with Crippen LogP contribution >= 0.6 is 0 Å². The van der Waals surface area contributed by atoms with Gasteiger partial charge >= 0.3 is 6.03 Å². The molecule has 0 atom stereocenters. The molecule has 1 heterocycles. The number of benzene rings is 1. The molecule has 1 aromatic carbocycles. The van der Waals surface area contributed by atoms with E-state index in [1.165, 1.54) is 4.90 Å². The van der Waals surface area contributed by atoms with Crippen LogP contribution in [0.4, 0.5) is 13.6 Å². The Morgan fingerprint density at radius 3 is 2.43 bits per heavy atom. The van der Waals surface area contributed by atoms with Crippen LogP contribution in [0.3, 0.4) is 0 Å². The van der Waals surface area contributed by atoms with Crippen LogP contribution < -0.4 is 5.32 Å². The summed E-state index contributed by atoms with van der Waals surface area (Å²) in [7, 11) is 0. The van der Waals surface area contributed by atoms with Crippen molar-refractivity contribution in [3.05, 3.63) is 35.4 Å². The summed E-state index contributed by atoms with van der Waals surface area (Å²) in [6.07, 6.45) is 0.591. The van der Waals surface area contributed by atoms with E-state index in [1.54, 1.807) is 4.90 Å². The van der Waals surface area contributed by atoms with Crippen LogP contribution in [0.5, 0.6) is 0 Å². The molecule has 0 aliphatic carbocycles. The van der Waals surface area contributed by atoms with Crippen molar-refractivity contribution in [2.24, 2.45) is 0 Å². The van der Waals surface area contributed by atoms with Gasteiger partial charge in [0.15, 0.2) is 0 Å². The number of amides is 3. The van der Waals surface area contributed by atoms with Crippen molar-refractivity contribution in [1.82, 2.24) is 15.1 Å². The van der Waals surface area contributed by atoms with Crippen LogP contribution in [-0.4, -0.2) is 54.0 Å². The molecule has 0 aromatic heterocycles. The van der Waals surface area contributed by atoms with Gasteiger partial charge in [0.2, 0.25) is 0 Å². The Kier molecular flexibility index (Phi) is 5.52. The van der Waals surface area contributed by atoms with Gasteiger partial charge in [0, 0.05) is 32.2 Å². The third-order valence-corrected chi connectivity index (χ3v) is 3.64. The smallest absolute Gasteiger partial charge is 0.317 e. The minimum Gasteiger partial charge on any atom is -0.337 e. The first-order valence-electron chi connectivity index (χ1n) is 7.68. The number of carbonyl (C=O) groups is 2. The fourth-order valence-corrected chi connectivity index (χ4v) is 2.49. The SMILES string of the molecule is CC(C)NC(=O)N1CCCN(C(=O)c2cc(F)ccc2F)CC1. The zero-order valence-electron chi connectivity index (χ0n) is 13.3. The van der Waals surface area contributed by atoms with Gasteiger partial charge in [-0.15, -0.1) is 0 Å². The summed E-state index contributed by atoms with van der Waals surface area (Å²) in [5, 5.41) is 2.81. The zero-order valence-corrected chi connectivity index (χ0v) is 13.3. The van der Waals surface area contributed by atoms with Crippen LogP contribution in [0, 0.1) is 11.6 Å². The van der Waals surface area contributed by atoms with Crippen LogP contribution in [0.15, 0.2) is 18.2 Å². The molecule has 1 aromatic rings. The Bertz CT molecular complexity index is 593. The molecule has 0 bridgehead atoms. The molecule has 3 amide bonds. The maximum Gasteiger partial charge on any atom is 0.317 e. The number of halogens is 2. The lowest BCUT2D eigenvalue weighted by atomic mass is 10.1. The highest BCUT2D eigenvalue weighted by molar-refractivity contribution is 5.94. The standard InChI is InChI=1S/C16H21F2N3O2/c1-11(2)19-16(23)21-7-3-6-20(8-9-21)15(22)13-10-12(17)4-5-14(13)18/h4-5,10-11H,3,6-9H2,1-2H3,(H,19,23). The van der Waals surface area contributed by atoms with Crippen LogP contribution in [0.2, 0.25) is 0 Å². The molecule has 0 saturated carbocycles. The number of carbonyl (C=O) groups excluding carboxylic acids is 2. The summed E-state index contributed by atoms with van der Waals surface area (Å²) < 4.78 is 27.0. The predicted molar refractivity (Wildman–Crippen MR) is 82.1 cm³/mol. The Morgan fingerprint density at radius 2 is 1.74 bits per heavy atom. The fraction of sp³-hybridized carbons (Fsp3) is 0.500. The van der Waals surface area contributed by atoms with E-state index in [4.69, 9.17) is 0 Å². The van der Waals surface area contributed by atoms with Gasteiger partial charge in [-0.3, -0.25) is 4.79 Å². The van der Waals surface area contributed by atoms with Crippen molar-refractivity contribution in [3.63, 3.8) is 0 Å². The number of nitrogens with zero attached hydrogens (tertiary/aromatic N) is 2. The van der Waals surface area contributed by atoms with Crippen LogP contribution in [0.25, 0.3) is 0 Å². The normalized spacial score (nSPS) is 15.5. The van der Waals surface area contributed by atoms with Gasteiger partial charge in [0.25, 0.3) is 5.91 Å². The topological polar surface area (TPSA) is 52.7 Å². The van der Waals surface area contributed by atoms with Crippen molar-refractivity contribution in [3.8, 4) is 0 Å². The highest BCUT2D eigenvalue weighted by atomic mass is 19.1. The zero-order chi connectivity index (χ0) is 17.0. The van der Waals surface area contributed by atoms with E-state index in [-0.39, 0.29) is 17.6 Å². The highest BCUT2D eigenvalue weighted by Crippen LogP contribution is 2.14. The summed E-state index contributed by atoms with van der Waals surface area (Å²) >= 11 is 0. The van der Waals surface area contributed by atoms with E-state index in [9.17, 15) is 18.4 Å².